The van der Waals surface area contributed by atoms with Crippen molar-refractivity contribution in [2.45, 2.75) is 19.4 Å². The van der Waals surface area contributed by atoms with Gasteiger partial charge in [0.15, 0.2) is 5.82 Å². The Labute approximate surface area is 109 Å². The van der Waals surface area contributed by atoms with E-state index in [4.69, 9.17) is 5.73 Å². The van der Waals surface area contributed by atoms with Gasteiger partial charge >= 0.3 is 0 Å². The van der Waals surface area contributed by atoms with Crippen LogP contribution in [-0.2, 0) is 0 Å². The normalized spacial score (nSPS) is 20.6. The number of halogens is 2. The Balaban J connectivity index is 2.22. The number of amides is 1. The molecule has 1 aliphatic rings. The fourth-order valence-corrected chi connectivity index (χ4v) is 2.30. The van der Waals surface area contributed by atoms with Gasteiger partial charge in [-0.3, -0.25) is 4.79 Å². The molecule has 0 spiro atoms. The van der Waals surface area contributed by atoms with Gasteiger partial charge in [-0.25, -0.2) is 8.78 Å². The second-order valence-electron chi connectivity index (χ2n) is 4.90. The molecule has 1 heterocycles. The average Bonchev–Trinajstić information content (AvgIpc) is 2.82. The summed E-state index contributed by atoms with van der Waals surface area (Å²) in [4.78, 5) is 13.5. The number of nitrogens with two attached hydrogens (primary N) is 1. The Kier molecular flexibility index (Phi) is 3.71. The highest BCUT2D eigenvalue weighted by atomic mass is 19.1. The molecule has 1 aromatic carbocycles. The largest absolute Gasteiger partial charge is 0.396 e. The number of carbonyl (C=O) groups excluding carboxylic acids is 1. The van der Waals surface area contributed by atoms with E-state index in [1.54, 1.807) is 6.92 Å². The van der Waals surface area contributed by atoms with Crippen molar-refractivity contribution in [3.63, 3.8) is 0 Å². The quantitative estimate of drug-likeness (QED) is 0.798. The topological polar surface area (TPSA) is 66.6 Å². The van der Waals surface area contributed by atoms with Crippen LogP contribution in [0, 0.1) is 17.6 Å². The lowest BCUT2D eigenvalue weighted by atomic mass is 10.0. The molecule has 0 radical (unpaired) electrons. The van der Waals surface area contributed by atoms with E-state index in [9.17, 15) is 18.7 Å². The van der Waals surface area contributed by atoms with Crippen LogP contribution in [0.1, 0.15) is 23.7 Å². The van der Waals surface area contributed by atoms with E-state index in [-0.39, 0.29) is 17.2 Å². The lowest BCUT2D eigenvalue weighted by Gasteiger charge is -2.18. The minimum Gasteiger partial charge on any atom is -0.396 e. The van der Waals surface area contributed by atoms with Crippen molar-refractivity contribution in [3.05, 3.63) is 29.3 Å². The molecule has 2 rings (SSSR count). The van der Waals surface area contributed by atoms with E-state index in [0.29, 0.717) is 19.5 Å². The van der Waals surface area contributed by atoms with Gasteiger partial charge in [-0.05, 0) is 25.5 Å². The van der Waals surface area contributed by atoms with Crippen LogP contribution < -0.4 is 5.73 Å². The number of aliphatic hydroxyl groups is 1. The van der Waals surface area contributed by atoms with E-state index in [0.717, 1.165) is 12.1 Å². The average molecular weight is 270 g/mol. The summed E-state index contributed by atoms with van der Waals surface area (Å²) in [5, 5.41) is 9.47. The fourth-order valence-electron chi connectivity index (χ4n) is 2.30. The molecule has 104 valence electrons. The number of hydrogen-bond donors (Lipinski definition) is 2. The second-order valence-corrected chi connectivity index (χ2v) is 4.90. The molecular formula is C13H16F2N2O2. The molecule has 1 amide bonds. The third kappa shape index (κ3) is 2.68. The molecule has 0 saturated carbocycles. The van der Waals surface area contributed by atoms with Crippen molar-refractivity contribution >= 4 is 11.6 Å². The van der Waals surface area contributed by atoms with Crippen molar-refractivity contribution in [1.29, 1.82) is 0 Å². The molecule has 3 N–H and O–H groups in total. The van der Waals surface area contributed by atoms with Crippen LogP contribution in [0.2, 0.25) is 0 Å². The van der Waals surface area contributed by atoms with E-state index in [1.807, 2.05) is 0 Å². The van der Waals surface area contributed by atoms with Crippen LogP contribution in [0.15, 0.2) is 12.1 Å². The number of rotatable bonds is 2. The van der Waals surface area contributed by atoms with Crippen molar-refractivity contribution in [1.82, 2.24) is 4.90 Å². The maximum atomic E-state index is 13.8. The number of anilines is 1. The Hall–Kier alpha value is -1.69. The fraction of sp³-hybridized carbons (Fsp3) is 0.462. The van der Waals surface area contributed by atoms with Crippen molar-refractivity contribution in [2.24, 2.45) is 5.92 Å². The standard InChI is InChI=1S/C13H16F2N2O2/c1-7(18)8-2-3-17(6-8)13(19)10-4-9(14)5-11(16)12(10)15/h4-5,7-8,18H,2-3,6,16H2,1H3. The number of likely N-dealkylation sites (tertiary alicyclic amines) is 1. The van der Waals surface area contributed by atoms with Crippen LogP contribution in [0.5, 0.6) is 0 Å². The van der Waals surface area contributed by atoms with Gasteiger partial charge in [0.05, 0.1) is 17.4 Å². The highest BCUT2D eigenvalue weighted by Gasteiger charge is 2.31. The van der Waals surface area contributed by atoms with E-state index >= 15 is 0 Å². The molecule has 0 aliphatic carbocycles. The predicted molar refractivity (Wildman–Crippen MR) is 66.5 cm³/mol. The third-order valence-corrected chi connectivity index (χ3v) is 3.49. The molecular weight excluding hydrogens is 254 g/mol. The van der Waals surface area contributed by atoms with Crippen LogP contribution in [-0.4, -0.2) is 35.1 Å². The Morgan fingerprint density at radius 3 is 2.79 bits per heavy atom. The highest BCUT2D eigenvalue weighted by molar-refractivity contribution is 5.95. The minimum absolute atomic E-state index is 0.0297. The summed E-state index contributed by atoms with van der Waals surface area (Å²) >= 11 is 0. The second kappa shape index (κ2) is 5.13. The van der Waals surface area contributed by atoms with Gasteiger partial charge in [0.2, 0.25) is 0 Å². The highest BCUT2D eigenvalue weighted by Crippen LogP contribution is 2.24. The number of hydrogen-bond acceptors (Lipinski definition) is 3. The first-order valence-electron chi connectivity index (χ1n) is 6.12. The first-order chi connectivity index (χ1) is 8.90. The molecule has 1 aliphatic heterocycles. The van der Waals surface area contributed by atoms with Crippen LogP contribution in [0.3, 0.4) is 0 Å². The SMILES string of the molecule is CC(O)C1CCN(C(=O)c2cc(F)cc(N)c2F)C1. The molecule has 1 aromatic rings. The van der Waals surface area contributed by atoms with Gasteiger partial charge in [0.25, 0.3) is 5.91 Å². The zero-order chi connectivity index (χ0) is 14.2. The Morgan fingerprint density at radius 2 is 2.21 bits per heavy atom. The first kappa shape index (κ1) is 13.7. The van der Waals surface area contributed by atoms with Crippen molar-refractivity contribution in [3.8, 4) is 0 Å². The minimum atomic E-state index is -0.896. The molecule has 2 atom stereocenters. The molecule has 0 bridgehead atoms. The monoisotopic (exact) mass is 270 g/mol. The van der Waals surface area contributed by atoms with Crippen LogP contribution >= 0.6 is 0 Å². The summed E-state index contributed by atoms with van der Waals surface area (Å²) in [6.07, 6.45) is 0.121. The van der Waals surface area contributed by atoms with Gasteiger partial charge in [0.1, 0.15) is 5.82 Å². The van der Waals surface area contributed by atoms with Crippen LogP contribution in [0.4, 0.5) is 14.5 Å². The number of aliphatic hydroxyl groups excluding tert-OH is 1. The van der Waals surface area contributed by atoms with E-state index < -0.39 is 23.6 Å². The molecule has 0 aromatic heterocycles. The summed E-state index contributed by atoms with van der Waals surface area (Å²) in [6.45, 7) is 2.41. The molecule has 2 unspecified atom stereocenters. The zero-order valence-electron chi connectivity index (χ0n) is 10.6. The first-order valence-corrected chi connectivity index (χ1v) is 6.12. The van der Waals surface area contributed by atoms with Crippen molar-refractivity contribution < 1.29 is 18.7 Å². The van der Waals surface area contributed by atoms with Gasteiger partial charge in [-0.2, -0.15) is 0 Å². The predicted octanol–water partition coefficient (Wildman–Crippen LogP) is 1.39. The van der Waals surface area contributed by atoms with Crippen molar-refractivity contribution in [2.75, 3.05) is 18.8 Å². The Morgan fingerprint density at radius 1 is 1.53 bits per heavy atom. The van der Waals surface area contributed by atoms with Gasteiger partial charge in [-0.1, -0.05) is 0 Å². The van der Waals surface area contributed by atoms with Gasteiger partial charge < -0.3 is 15.7 Å². The third-order valence-electron chi connectivity index (χ3n) is 3.49. The van der Waals surface area contributed by atoms with Gasteiger partial charge in [-0.15, -0.1) is 0 Å². The molecule has 1 saturated heterocycles. The molecule has 19 heavy (non-hydrogen) atoms. The Bertz CT molecular complexity index is 506. The van der Waals surface area contributed by atoms with Gasteiger partial charge in [0, 0.05) is 19.0 Å². The maximum Gasteiger partial charge on any atom is 0.257 e. The molecule has 1 fully saturated rings. The maximum absolute atomic E-state index is 13.8. The number of carbonyl (C=O) groups is 1. The molecule has 4 nitrogen and oxygen atoms in total. The number of nitrogens with zero attached hydrogens (tertiary/aromatic N) is 1. The lowest BCUT2D eigenvalue weighted by Crippen LogP contribution is -2.31. The molecule has 6 heteroatoms. The zero-order valence-corrected chi connectivity index (χ0v) is 10.6. The summed E-state index contributed by atoms with van der Waals surface area (Å²) in [7, 11) is 0. The van der Waals surface area contributed by atoms with E-state index in [2.05, 4.69) is 0 Å². The summed E-state index contributed by atoms with van der Waals surface area (Å²) in [5.41, 5.74) is 4.57. The number of nitrogen functional groups attached to an aromatic ring is 1. The van der Waals surface area contributed by atoms with Crippen LogP contribution in [0.25, 0.3) is 0 Å². The van der Waals surface area contributed by atoms with E-state index in [1.165, 1.54) is 4.90 Å². The summed E-state index contributed by atoms with van der Waals surface area (Å²) in [5.74, 6) is -2.26. The number of benzene rings is 1. The summed E-state index contributed by atoms with van der Waals surface area (Å²) < 4.78 is 27.0. The lowest BCUT2D eigenvalue weighted by molar-refractivity contribution is 0.0757. The smallest absolute Gasteiger partial charge is 0.257 e. The summed E-state index contributed by atoms with van der Waals surface area (Å²) in [6, 6.07) is 1.69.